The van der Waals surface area contributed by atoms with E-state index < -0.39 is 12.0 Å². The van der Waals surface area contributed by atoms with Crippen LogP contribution in [0, 0.1) is 13.8 Å². The molecule has 98 valence electrons. The summed E-state index contributed by atoms with van der Waals surface area (Å²) in [4.78, 5) is 22.4. The van der Waals surface area contributed by atoms with Crippen molar-refractivity contribution >= 4 is 23.5 Å². The maximum atomic E-state index is 11.9. The van der Waals surface area contributed by atoms with Crippen LogP contribution in [-0.4, -0.2) is 23.0 Å². The van der Waals surface area contributed by atoms with Gasteiger partial charge in [0.1, 0.15) is 0 Å². The molecule has 1 amide bonds. The fourth-order valence-corrected chi connectivity index (χ4v) is 1.87. The van der Waals surface area contributed by atoms with Crippen molar-refractivity contribution in [2.45, 2.75) is 33.2 Å². The summed E-state index contributed by atoms with van der Waals surface area (Å²) in [5.74, 6) is -1.30. The van der Waals surface area contributed by atoms with Gasteiger partial charge in [0.05, 0.1) is 17.0 Å². The van der Waals surface area contributed by atoms with Crippen LogP contribution in [0.1, 0.15) is 34.8 Å². The lowest BCUT2D eigenvalue weighted by Gasteiger charge is -2.13. The van der Waals surface area contributed by atoms with Gasteiger partial charge in [-0.2, -0.15) is 0 Å². The normalized spacial score (nSPS) is 12.0. The number of aliphatic carboxylic acids is 1. The van der Waals surface area contributed by atoms with Crippen molar-refractivity contribution in [1.82, 2.24) is 5.32 Å². The monoisotopic (exact) mass is 269 g/mol. The Bertz CT molecular complexity index is 485. The highest BCUT2D eigenvalue weighted by molar-refractivity contribution is 6.34. The van der Waals surface area contributed by atoms with Crippen molar-refractivity contribution in [3.63, 3.8) is 0 Å². The van der Waals surface area contributed by atoms with Gasteiger partial charge in [-0.05, 0) is 44.0 Å². The maximum absolute atomic E-state index is 11.9. The molecule has 1 rings (SSSR count). The van der Waals surface area contributed by atoms with Crippen LogP contribution in [0.5, 0.6) is 0 Å². The van der Waals surface area contributed by atoms with Crippen LogP contribution in [0.3, 0.4) is 0 Å². The van der Waals surface area contributed by atoms with Crippen molar-refractivity contribution in [3.8, 4) is 0 Å². The minimum atomic E-state index is -0.950. The number of nitrogens with one attached hydrogen (secondary N) is 1. The van der Waals surface area contributed by atoms with E-state index in [2.05, 4.69) is 5.32 Å². The van der Waals surface area contributed by atoms with Gasteiger partial charge in [-0.1, -0.05) is 11.6 Å². The number of rotatable bonds is 4. The summed E-state index contributed by atoms with van der Waals surface area (Å²) < 4.78 is 0. The molecule has 0 saturated carbocycles. The van der Waals surface area contributed by atoms with E-state index in [1.807, 2.05) is 13.8 Å². The second kappa shape index (κ2) is 5.87. The largest absolute Gasteiger partial charge is 0.481 e. The van der Waals surface area contributed by atoms with Gasteiger partial charge in [0.15, 0.2) is 0 Å². The predicted octanol–water partition coefficient (Wildman–Crippen LogP) is 2.55. The van der Waals surface area contributed by atoms with Crippen molar-refractivity contribution in [3.05, 3.63) is 33.8 Å². The van der Waals surface area contributed by atoms with E-state index in [1.54, 1.807) is 19.1 Å². The number of amides is 1. The van der Waals surface area contributed by atoms with Crippen LogP contribution >= 0.6 is 11.6 Å². The van der Waals surface area contributed by atoms with E-state index in [-0.39, 0.29) is 12.3 Å². The zero-order valence-corrected chi connectivity index (χ0v) is 11.3. The van der Waals surface area contributed by atoms with Gasteiger partial charge in [0.2, 0.25) is 0 Å². The molecule has 1 unspecified atom stereocenters. The van der Waals surface area contributed by atoms with Crippen molar-refractivity contribution in [1.29, 1.82) is 0 Å². The van der Waals surface area contributed by atoms with Crippen LogP contribution in [0.25, 0.3) is 0 Å². The first-order valence-corrected chi connectivity index (χ1v) is 5.98. The number of carbonyl (C=O) groups excluding carboxylic acids is 1. The Hall–Kier alpha value is -1.55. The molecule has 0 saturated heterocycles. The van der Waals surface area contributed by atoms with Crippen molar-refractivity contribution in [2.75, 3.05) is 0 Å². The van der Waals surface area contributed by atoms with E-state index in [0.29, 0.717) is 10.6 Å². The average molecular weight is 270 g/mol. The van der Waals surface area contributed by atoms with Crippen LogP contribution in [-0.2, 0) is 4.79 Å². The zero-order chi connectivity index (χ0) is 13.9. The maximum Gasteiger partial charge on any atom is 0.305 e. The topological polar surface area (TPSA) is 66.4 Å². The first-order chi connectivity index (χ1) is 8.31. The molecule has 0 aromatic heterocycles. The summed E-state index contributed by atoms with van der Waals surface area (Å²) in [7, 11) is 0. The van der Waals surface area contributed by atoms with E-state index >= 15 is 0 Å². The van der Waals surface area contributed by atoms with E-state index in [1.165, 1.54) is 0 Å². The Morgan fingerprint density at radius 3 is 2.44 bits per heavy atom. The highest BCUT2D eigenvalue weighted by atomic mass is 35.5. The molecule has 0 aliphatic carbocycles. The Morgan fingerprint density at radius 1 is 1.33 bits per heavy atom. The molecule has 0 heterocycles. The number of carboxylic acids is 1. The molecule has 1 aromatic rings. The van der Waals surface area contributed by atoms with Crippen molar-refractivity contribution in [2.24, 2.45) is 0 Å². The van der Waals surface area contributed by atoms with Crippen molar-refractivity contribution < 1.29 is 14.7 Å². The third-order valence-electron chi connectivity index (χ3n) is 2.69. The Kier molecular flexibility index (Phi) is 4.73. The van der Waals surface area contributed by atoms with Gasteiger partial charge in [-0.15, -0.1) is 0 Å². The number of aryl methyl sites for hydroxylation is 2. The zero-order valence-electron chi connectivity index (χ0n) is 10.6. The molecule has 1 aromatic carbocycles. The van der Waals surface area contributed by atoms with Gasteiger partial charge >= 0.3 is 5.97 Å². The highest BCUT2D eigenvalue weighted by Crippen LogP contribution is 2.20. The lowest BCUT2D eigenvalue weighted by atomic mass is 10.1. The molecule has 0 spiro atoms. The summed E-state index contributed by atoms with van der Waals surface area (Å²) >= 11 is 6.01. The fourth-order valence-electron chi connectivity index (χ4n) is 1.57. The molecule has 4 nitrogen and oxygen atoms in total. The Balaban J connectivity index is 2.85. The fraction of sp³-hybridized carbons (Fsp3) is 0.385. The number of carboxylic acid groups (broad SMARTS) is 1. The third-order valence-corrected chi connectivity index (χ3v) is 3.00. The molecule has 0 aliphatic rings. The first-order valence-electron chi connectivity index (χ1n) is 5.60. The quantitative estimate of drug-likeness (QED) is 0.883. The Labute approximate surface area is 111 Å². The van der Waals surface area contributed by atoms with Gasteiger partial charge in [0.25, 0.3) is 5.91 Å². The summed E-state index contributed by atoms with van der Waals surface area (Å²) in [5, 5.41) is 11.6. The minimum absolute atomic E-state index is 0.117. The lowest BCUT2D eigenvalue weighted by Crippen LogP contribution is -2.34. The highest BCUT2D eigenvalue weighted by Gasteiger charge is 2.15. The lowest BCUT2D eigenvalue weighted by molar-refractivity contribution is -0.137. The summed E-state index contributed by atoms with van der Waals surface area (Å²) in [6.45, 7) is 5.44. The molecule has 1 atom stereocenters. The van der Waals surface area contributed by atoms with E-state index in [0.717, 1.165) is 11.1 Å². The third kappa shape index (κ3) is 3.74. The van der Waals surface area contributed by atoms with Crippen LogP contribution in [0.15, 0.2) is 12.1 Å². The van der Waals surface area contributed by atoms with Gasteiger partial charge in [-0.3, -0.25) is 9.59 Å². The number of hydrogen-bond donors (Lipinski definition) is 2. The van der Waals surface area contributed by atoms with E-state index in [9.17, 15) is 9.59 Å². The summed E-state index contributed by atoms with van der Waals surface area (Å²) in [6.07, 6.45) is -0.117. The SMILES string of the molecule is Cc1cc(Cl)c(C(=O)NC(C)CC(=O)O)cc1C. The molecule has 0 fully saturated rings. The van der Waals surface area contributed by atoms with Crippen LogP contribution < -0.4 is 5.32 Å². The number of halogens is 1. The second-order valence-corrected chi connectivity index (χ2v) is 4.80. The van der Waals surface area contributed by atoms with Gasteiger partial charge < -0.3 is 10.4 Å². The molecule has 0 bridgehead atoms. The molecule has 5 heteroatoms. The molecule has 0 radical (unpaired) electrons. The van der Waals surface area contributed by atoms with Gasteiger partial charge in [0, 0.05) is 6.04 Å². The summed E-state index contributed by atoms with van der Waals surface area (Å²) in [6, 6.07) is 3.00. The molecule has 0 aliphatic heterocycles. The molecule has 2 N–H and O–H groups in total. The first kappa shape index (κ1) is 14.5. The van der Waals surface area contributed by atoms with E-state index in [4.69, 9.17) is 16.7 Å². The molecular weight excluding hydrogens is 254 g/mol. The predicted molar refractivity (Wildman–Crippen MR) is 70.1 cm³/mol. The average Bonchev–Trinajstić information content (AvgIpc) is 2.21. The standard InChI is InChI=1S/C13H16ClNO3/c1-7-4-10(11(14)5-8(7)2)13(18)15-9(3)6-12(16)17/h4-5,9H,6H2,1-3H3,(H,15,18)(H,16,17). The number of hydrogen-bond acceptors (Lipinski definition) is 2. The number of carbonyl (C=O) groups is 2. The van der Waals surface area contributed by atoms with Gasteiger partial charge in [-0.25, -0.2) is 0 Å². The van der Waals surface area contributed by atoms with Crippen LogP contribution in [0.2, 0.25) is 5.02 Å². The van der Waals surface area contributed by atoms with Crippen LogP contribution in [0.4, 0.5) is 0 Å². The molecular formula is C13H16ClNO3. The summed E-state index contributed by atoms with van der Waals surface area (Å²) in [5.41, 5.74) is 2.35. The Morgan fingerprint density at radius 2 is 1.89 bits per heavy atom. The number of benzene rings is 1. The minimum Gasteiger partial charge on any atom is -0.481 e. The smallest absolute Gasteiger partial charge is 0.305 e. The molecule has 18 heavy (non-hydrogen) atoms. The second-order valence-electron chi connectivity index (χ2n) is 4.39.